The largest absolute Gasteiger partial charge is 0.481 e. The molecule has 0 atom stereocenters. The second-order valence-electron chi connectivity index (χ2n) is 5.77. The van der Waals surface area contributed by atoms with E-state index in [0.29, 0.717) is 0 Å². The maximum Gasteiger partial charge on any atom is 0.322 e. The van der Waals surface area contributed by atoms with Gasteiger partial charge in [-0.05, 0) is 44.7 Å². The molecule has 114 valence electrons. The van der Waals surface area contributed by atoms with Gasteiger partial charge in [0.25, 0.3) is 0 Å². The molecule has 5 heteroatoms. The van der Waals surface area contributed by atoms with Crippen molar-refractivity contribution in [3.63, 3.8) is 0 Å². The van der Waals surface area contributed by atoms with Gasteiger partial charge in [0, 0.05) is 18.3 Å². The molecule has 1 saturated carbocycles. The molecule has 0 unspecified atom stereocenters. The lowest BCUT2D eigenvalue weighted by molar-refractivity contribution is -0.137. The number of carboxylic acids is 1. The van der Waals surface area contributed by atoms with Crippen LogP contribution in [0.5, 0.6) is 0 Å². The Balaban J connectivity index is 2.10. The number of amides is 2. The average Bonchev–Trinajstić information content (AvgIpc) is 3.18. The van der Waals surface area contributed by atoms with Crippen LogP contribution in [0.1, 0.15) is 36.0 Å². The van der Waals surface area contributed by atoms with Crippen LogP contribution in [0.3, 0.4) is 0 Å². The van der Waals surface area contributed by atoms with Gasteiger partial charge in [0.05, 0.1) is 6.42 Å². The number of hydrogen-bond acceptors (Lipinski definition) is 2. The highest BCUT2D eigenvalue weighted by atomic mass is 16.4. The van der Waals surface area contributed by atoms with Gasteiger partial charge in [-0.2, -0.15) is 0 Å². The van der Waals surface area contributed by atoms with Crippen LogP contribution in [-0.4, -0.2) is 34.6 Å². The summed E-state index contributed by atoms with van der Waals surface area (Å²) in [7, 11) is 0. The van der Waals surface area contributed by atoms with Gasteiger partial charge in [-0.1, -0.05) is 17.7 Å². The van der Waals surface area contributed by atoms with Crippen molar-refractivity contribution in [1.29, 1.82) is 0 Å². The van der Waals surface area contributed by atoms with Crippen LogP contribution < -0.4 is 5.32 Å². The number of carbonyl (C=O) groups is 2. The molecule has 1 aromatic carbocycles. The first-order chi connectivity index (χ1) is 9.88. The number of carboxylic acid groups (broad SMARTS) is 1. The molecule has 2 N–H and O–H groups in total. The Hall–Kier alpha value is -2.04. The summed E-state index contributed by atoms with van der Waals surface area (Å²) < 4.78 is 0. The quantitative estimate of drug-likeness (QED) is 0.875. The van der Waals surface area contributed by atoms with Gasteiger partial charge in [-0.25, -0.2) is 4.79 Å². The van der Waals surface area contributed by atoms with Crippen molar-refractivity contribution in [2.45, 2.75) is 46.1 Å². The average molecular weight is 290 g/mol. The first kappa shape index (κ1) is 15.4. The van der Waals surface area contributed by atoms with E-state index in [1.807, 2.05) is 32.9 Å². The highest BCUT2D eigenvalue weighted by molar-refractivity contribution is 5.91. The smallest absolute Gasteiger partial charge is 0.322 e. The number of nitrogens with zero attached hydrogens (tertiary/aromatic N) is 1. The molecule has 0 heterocycles. The van der Waals surface area contributed by atoms with Crippen molar-refractivity contribution < 1.29 is 14.7 Å². The molecular formula is C16H22N2O3. The number of anilines is 1. The Morgan fingerprint density at radius 1 is 1.24 bits per heavy atom. The molecule has 2 amide bonds. The minimum absolute atomic E-state index is 0.0181. The molecule has 1 aromatic rings. The van der Waals surface area contributed by atoms with E-state index in [2.05, 4.69) is 5.32 Å². The fourth-order valence-corrected chi connectivity index (χ4v) is 2.61. The Morgan fingerprint density at radius 2 is 1.81 bits per heavy atom. The molecule has 1 aliphatic rings. The van der Waals surface area contributed by atoms with Crippen LogP contribution in [0, 0.1) is 20.8 Å². The van der Waals surface area contributed by atoms with E-state index in [1.54, 1.807) is 4.90 Å². The molecule has 1 aliphatic carbocycles. The lowest BCUT2D eigenvalue weighted by atomic mass is 10.1. The molecule has 0 aromatic heterocycles. The van der Waals surface area contributed by atoms with E-state index in [1.165, 1.54) is 0 Å². The van der Waals surface area contributed by atoms with Crippen LogP contribution in [-0.2, 0) is 4.79 Å². The van der Waals surface area contributed by atoms with Crippen LogP contribution in [0.4, 0.5) is 10.5 Å². The summed E-state index contributed by atoms with van der Waals surface area (Å²) in [5.41, 5.74) is 4.03. The van der Waals surface area contributed by atoms with E-state index in [9.17, 15) is 9.59 Å². The maximum absolute atomic E-state index is 12.4. The van der Waals surface area contributed by atoms with Gasteiger partial charge in [0.2, 0.25) is 0 Å². The number of aryl methyl sites for hydroxylation is 3. The van der Waals surface area contributed by atoms with E-state index in [-0.39, 0.29) is 25.0 Å². The summed E-state index contributed by atoms with van der Waals surface area (Å²) in [6, 6.07) is 4.05. The van der Waals surface area contributed by atoms with Crippen molar-refractivity contribution >= 4 is 17.7 Å². The van der Waals surface area contributed by atoms with Gasteiger partial charge in [-0.15, -0.1) is 0 Å². The summed E-state index contributed by atoms with van der Waals surface area (Å²) >= 11 is 0. The molecule has 1 fully saturated rings. The number of nitrogens with one attached hydrogen (secondary N) is 1. The topological polar surface area (TPSA) is 69.6 Å². The number of benzene rings is 1. The minimum atomic E-state index is -0.879. The van der Waals surface area contributed by atoms with Gasteiger partial charge >= 0.3 is 12.0 Å². The number of hydrogen-bond donors (Lipinski definition) is 2. The van der Waals surface area contributed by atoms with Gasteiger partial charge < -0.3 is 15.3 Å². The molecule has 0 bridgehead atoms. The zero-order valence-electron chi connectivity index (χ0n) is 12.8. The number of carbonyl (C=O) groups excluding carboxylic acids is 1. The molecule has 21 heavy (non-hydrogen) atoms. The van der Waals surface area contributed by atoms with Crippen molar-refractivity contribution in [1.82, 2.24) is 4.90 Å². The van der Waals surface area contributed by atoms with E-state index < -0.39 is 5.97 Å². The van der Waals surface area contributed by atoms with Crippen LogP contribution in [0.2, 0.25) is 0 Å². The molecular weight excluding hydrogens is 268 g/mol. The number of aliphatic carboxylic acids is 1. The summed E-state index contributed by atoms with van der Waals surface area (Å²) in [4.78, 5) is 24.8. The normalized spacial score (nSPS) is 13.9. The van der Waals surface area contributed by atoms with E-state index in [0.717, 1.165) is 35.2 Å². The molecule has 2 rings (SSSR count). The van der Waals surface area contributed by atoms with Crippen molar-refractivity contribution in [2.24, 2.45) is 0 Å². The molecule has 5 nitrogen and oxygen atoms in total. The van der Waals surface area contributed by atoms with Gasteiger partial charge in [-0.3, -0.25) is 4.79 Å². The summed E-state index contributed by atoms with van der Waals surface area (Å²) in [5, 5.41) is 11.7. The fraction of sp³-hybridized carbons (Fsp3) is 0.500. The third kappa shape index (κ3) is 3.97. The van der Waals surface area contributed by atoms with Crippen molar-refractivity contribution in [3.05, 3.63) is 28.8 Å². The zero-order valence-corrected chi connectivity index (χ0v) is 12.8. The molecule has 0 saturated heterocycles. The fourth-order valence-electron chi connectivity index (χ4n) is 2.61. The minimum Gasteiger partial charge on any atom is -0.481 e. The third-order valence-corrected chi connectivity index (χ3v) is 3.72. The lowest BCUT2D eigenvalue weighted by Crippen LogP contribution is -2.38. The van der Waals surface area contributed by atoms with Crippen LogP contribution in [0.15, 0.2) is 12.1 Å². The lowest BCUT2D eigenvalue weighted by Gasteiger charge is -2.23. The molecule has 0 radical (unpaired) electrons. The predicted molar refractivity (Wildman–Crippen MR) is 81.7 cm³/mol. The van der Waals surface area contributed by atoms with Crippen LogP contribution in [0.25, 0.3) is 0 Å². The number of rotatable bonds is 5. The summed E-state index contributed by atoms with van der Waals surface area (Å²) in [6.07, 6.45) is 1.90. The second kappa shape index (κ2) is 6.16. The SMILES string of the molecule is Cc1cc(C)c(NC(=O)N(CCC(=O)O)C2CC2)c(C)c1. The maximum atomic E-state index is 12.4. The summed E-state index contributed by atoms with van der Waals surface area (Å²) in [6.45, 7) is 6.22. The number of urea groups is 1. The highest BCUT2D eigenvalue weighted by Crippen LogP contribution is 2.29. The highest BCUT2D eigenvalue weighted by Gasteiger charge is 2.33. The van der Waals surface area contributed by atoms with Gasteiger partial charge in [0.1, 0.15) is 0 Å². The monoisotopic (exact) mass is 290 g/mol. The first-order valence-corrected chi connectivity index (χ1v) is 7.25. The van der Waals surface area contributed by atoms with E-state index in [4.69, 9.17) is 5.11 Å². The Kier molecular flexibility index (Phi) is 4.50. The van der Waals surface area contributed by atoms with Crippen molar-refractivity contribution in [2.75, 3.05) is 11.9 Å². The standard InChI is InChI=1S/C16H22N2O3/c1-10-8-11(2)15(12(3)9-10)17-16(21)18(13-4-5-13)7-6-14(19)20/h8-9,13H,4-7H2,1-3H3,(H,17,21)(H,19,20). The summed E-state index contributed by atoms with van der Waals surface area (Å²) in [5.74, 6) is -0.879. The Bertz CT molecular complexity index is 542. The Labute approximate surface area is 125 Å². The molecule has 0 spiro atoms. The van der Waals surface area contributed by atoms with Crippen LogP contribution >= 0.6 is 0 Å². The zero-order chi connectivity index (χ0) is 15.6. The Morgan fingerprint density at radius 3 is 2.29 bits per heavy atom. The van der Waals surface area contributed by atoms with E-state index >= 15 is 0 Å². The second-order valence-corrected chi connectivity index (χ2v) is 5.77. The molecule has 0 aliphatic heterocycles. The first-order valence-electron chi connectivity index (χ1n) is 7.25. The predicted octanol–water partition coefficient (Wildman–Crippen LogP) is 3.08. The van der Waals surface area contributed by atoms with Gasteiger partial charge in [0.15, 0.2) is 0 Å². The third-order valence-electron chi connectivity index (χ3n) is 3.72. The van der Waals surface area contributed by atoms with Crippen molar-refractivity contribution in [3.8, 4) is 0 Å².